The van der Waals surface area contributed by atoms with Crippen molar-refractivity contribution in [2.45, 2.75) is 26.7 Å². The van der Waals surface area contributed by atoms with Crippen LogP contribution in [0.4, 0.5) is 0 Å². The van der Waals surface area contributed by atoms with E-state index >= 15 is 0 Å². The van der Waals surface area contributed by atoms with Gasteiger partial charge in [-0.1, -0.05) is 13.8 Å². The van der Waals surface area contributed by atoms with Crippen LogP contribution in [-0.4, -0.2) is 23.0 Å². The summed E-state index contributed by atoms with van der Waals surface area (Å²) < 4.78 is 4.74. The van der Waals surface area contributed by atoms with Crippen molar-refractivity contribution >= 4 is 5.97 Å². The van der Waals surface area contributed by atoms with Crippen LogP contribution in [-0.2, 0) is 9.53 Å². The highest BCUT2D eigenvalue weighted by molar-refractivity contribution is 5.77. The lowest BCUT2D eigenvalue weighted by molar-refractivity contribution is -0.143. The lowest BCUT2D eigenvalue weighted by Crippen LogP contribution is -2.20. The third-order valence-electron chi connectivity index (χ3n) is 2.14. The second-order valence-corrected chi connectivity index (χ2v) is 3.70. The number of methoxy groups -OCH3 is 1. The molecule has 1 unspecified atom stereocenters. The highest BCUT2D eigenvalue weighted by atomic mass is 16.5. The Balaban J connectivity index is 2.94. The fourth-order valence-electron chi connectivity index (χ4n) is 1.42. The normalized spacial score (nSPS) is 12.9. The number of carbonyl (C=O) groups excluding carboxylic acids is 1. The quantitative estimate of drug-likeness (QED) is 0.747. The summed E-state index contributed by atoms with van der Waals surface area (Å²) in [5, 5.41) is 0. The Morgan fingerprint density at radius 1 is 1.57 bits per heavy atom. The summed E-state index contributed by atoms with van der Waals surface area (Å²) in [7, 11) is 1.40. The SMILES string of the molecule is COC(=O)C(c1ncc(C)[nH]1)C(C)C. The van der Waals surface area contributed by atoms with E-state index in [0.717, 1.165) is 5.69 Å². The molecule has 4 nitrogen and oxygen atoms in total. The van der Waals surface area contributed by atoms with Gasteiger partial charge in [0.15, 0.2) is 0 Å². The third kappa shape index (κ3) is 2.13. The number of carbonyl (C=O) groups is 1. The van der Waals surface area contributed by atoms with Crippen LogP contribution in [0, 0.1) is 12.8 Å². The monoisotopic (exact) mass is 196 g/mol. The molecular formula is C10H16N2O2. The number of imidazole rings is 1. The number of rotatable bonds is 3. The zero-order chi connectivity index (χ0) is 10.7. The van der Waals surface area contributed by atoms with Gasteiger partial charge < -0.3 is 9.72 Å². The number of aromatic nitrogens is 2. The smallest absolute Gasteiger partial charge is 0.316 e. The molecule has 0 saturated carbocycles. The summed E-state index contributed by atoms with van der Waals surface area (Å²) in [5.74, 6) is 0.320. The van der Waals surface area contributed by atoms with Crippen LogP contribution in [0.25, 0.3) is 0 Å². The summed E-state index contributed by atoms with van der Waals surface area (Å²) in [4.78, 5) is 18.7. The molecule has 4 heteroatoms. The Kier molecular flexibility index (Phi) is 3.28. The van der Waals surface area contributed by atoms with Gasteiger partial charge in [0.1, 0.15) is 11.7 Å². The number of esters is 1. The average Bonchev–Trinajstić information content (AvgIpc) is 2.51. The molecule has 1 atom stereocenters. The summed E-state index contributed by atoms with van der Waals surface area (Å²) >= 11 is 0. The van der Waals surface area contributed by atoms with E-state index in [2.05, 4.69) is 9.97 Å². The Morgan fingerprint density at radius 3 is 2.57 bits per heavy atom. The highest BCUT2D eigenvalue weighted by Gasteiger charge is 2.27. The number of aryl methyl sites for hydroxylation is 1. The van der Waals surface area contributed by atoms with Crippen LogP contribution < -0.4 is 0 Å². The lowest BCUT2D eigenvalue weighted by atomic mass is 9.95. The molecule has 1 aromatic rings. The standard InChI is InChI=1S/C10H16N2O2/c1-6(2)8(10(13)14-4)9-11-5-7(3)12-9/h5-6,8H,1-4H3,(H,11,12). The molecule has 0 aliphatic rings. The number of nitrogens with one attached hydrogen (secondary N) is 1. The van der Waals surface area contributed by atoms with Crippen molar-refractivity contribution in [1.29, 1.82) is 0 Å². The van der Waals surface area contributed by atoms with Crippen LogP contribution >= 0.6 is 0 Å². The average molecular weight is 196 g/mol. The number of aromatic amines is 1. The molecule has 0 spiro atoms. The van der Waals surface area contributed by atoms with Crippen LogP contribution in [0.15, 0.2) is 6.20 Å². The molecule has 0 saturated heterocycles. The molecule has 0 bridgehead atoms. The van der Waals surface area contributed by atoms with E-state index in [0.29, 0.717) is 5.82 Å². The Labute approximate surface area is 83.7 Å². The van der Waals surface area contributed by atoms with Crippen LogP contribution in [0.1, 0.15) is 31.3 Å². The van der Waals surface area contributed by atoms with Gasteiger partial charge in [-0.25, -0.2) is 4.98 Å². The van der Waals surface area contributed by atoms with Crippen LogP contribution in [0.3, 0.4) is 0 Å². The number of ether oxygens (including phenoxy) is 1. The van der Waals surface area contributed by atoms with Crippen LogP contribution in [0.2, 0.25) is 0 Å². The maximum atomic E-state index is 11.5. The fraction of sp³-hybridized carbons (Fsp3) is 0.600. The van der Waals surface area contributed by atoms with Crippen molar-refractivity contribution in [3.05, 3.63) is 17.7 Å². The van der Waals surface area contributed by atoms with Crippen molar-refractivity contribution in [3.8, 4) is 0 Å². The van der Waals surface area contributed by atoms with E-state index in [9.17, 15) is 4.79 Å². The van der Waals surface area contributed by atoms with E-state index < -0.39 is 0 Å². The fourth-order valence-corrected chi connectivity index (χ4v) is 1.42. The third-order valence-corrected chi connectivity index (χ3v) is 2.14. The molecule has 0 aliphatic carbocycles. The van der Waals surface area contributed by atoms with E-state index in [-0.39, 0.29) is 17.8 Å². The molecular weight excluding hydrogens is 180 g/mol. The summed E-state index contributed by atoms with van der Waals surface area (Å²) in [6.07, 6.45) is 1.72. The maximum absolute atomic E-state index is 11.5. The molecule has 14 heavy (non-hydrogen) atoms. The van der Waals surface area contributed by atoms with Crippen molar-refractivity contribution in [1.82, 2.24) is 9.97 Å². The van der Waals surface area contributed by atoms with Crippen molar-refractivity contribution in [3.63, 3.8) is 0 Å². The topological polar surface area (TPSA) is 55.0 Å². The maximum Gasteiger partial charge on any atom is 0.316 e. The second kappa shape index (κ2) is 4.26. The largest absolute Gasteiger partial charge is 0.468 e. The van der Waals surface area contributed by atoms with Crippen molar-refractivity contribution in [2.75, 3.05) is 7.11 Å². The van der Waals surface area contributed by atoms with E-state index in [1.165, 1.54) is 7.11 Å². The molecule has 0 amide bonds. The second-order valence-electron chi connectivity index (χ2n) is 3.70. The molecule has 0 aliphatic heterocycles. The minimum absolute atomic E-state index is 0.174. The van der Waals surface area contributed by atoms with Gasteiger partial charge in [0.05, 0.1) is 7.11 Å². The minimum atomic E-state index is -0.298. The predicted molar refractivity (Wildman–Crippen MR) is 52.9 cm³/mol. The molecule has 1 heterocycles. The van der Waals surface area contributed by atoms with E-state index in [1.807, 2.05) is 20.8 Å². The zero-order valence-electron chi connectivity index (χ0n) is 9.00. The molecule has 1 aromatic heterocycles. The molecule has 1 N–H and O–H groups in total. The molecule has 1 rings (SSSR count). The predicted octanol–water partition coefficient (Wildman–Crippen LogP) is 1.63. The molecule has 0 radical (unpaired) electrons. The minimum Gasteiger partial charge on any atom is -0.468 e. The molecule has 78 valence electrons. The van der Waals surface area contributed by atoms with Gasteiger partial charge in [0.2, 0.25) is 0 Å². The van der Waals surface area contributed by atoms with Gasteiger partial charge in [-0.3, -0.25) is 4.79 Å². The summed E-state index contributed by atoms with van der Waals surface area (Å²) in [6.45, 7) is 5.85. The van der Waals surface area contributed by atoms with Gasteiger partial charge in [0.25, 0.3) is 0 Å². The summed E-state index contributed by atoms with van der Waals surface area (Å²) in [5.41, 5.74) is 0.953. The Hall–Kier alpha value is -1.32. The highest BCUT2D eigenvalue weighted by Crippen LogP contribution is 2.22. The van der Waals surface area contributed by atoms with Crippen molar-refractivity contribution in [2.24, 2.45) is 5.92 Å². The first-order valence-corrected chi connectivity index (χ1v) is 4.65. The van der Waals surface area contributed by atoms with Crippen LogP contribution in [0.5, 0.6) is 0 Å². The van der Waals surface area contributed by atoms with E-state index in [1.54, 1.807) is 6.20 Å². The van der Waals surface area contributed by atoms with Gasteiger partial charge >= 0.3 is 5.97 Å². The van der Waals surface area contributed by atoms with Gasteiger partial charge in [0, 0.05) is 11.9 Å². The number of hydrogen-bond donors (Lipinski definition) is 1. The molecule has 0 fully saturated rings. The van der Waals surface area contributed by atoms with E-state index in [4.69, 9.17) is 4.74 Å². The van der Waals surface area contributed by atoms with Gasteiger partial charge in [-0.15, -0.1) is 0 Å². The number of hydrogen-bond acceptors (Lipinski definition) is 3. The van der Waals surface area contributed by atoms with Gasteiger partial charge in [-0.2, -0.15) is 0 Å². The van der Waals surface area contributed by atoms with Crippen molar-refractivity contribution < 1.29 is 9.53 Å². The number of nitrogens with zero attached hydrogens (tertiary/aromatic N) is 1. The lowest BCUT2D eigenvalue weighted by Gasteiger charge is -2.15. The molecule has 0 aromatic carbocycles. The Morgan fingerprint density at radius 2 is 2.21 bits per heavy atom. The Bertz CT molecular complexity index is 318. The first-order valence-electron chi connectivity index (χ1n) is 4.65. The number of H-pyrrole nitrogens is 1. The first kappa shape index (κ1) is 10.8. The summed E-state index contributed by atoms with van der Waals surface area (Å²) in [6, 6.07) is 0. The first-order chi connectivity index (χ1) is 6.56. The van der Waals surface area contributed by atoms with Gasteiger partial charge in [-0.05, 0) is 12.8 Å². The zero-order valence-corrected chi connectivity index (χ0v) is 9.00.